The van der Waals surface area contributed by atoms with Crippen LogP contribution in [0.1, 0.15) is 21.5 Å². The molecule has 0 saturated carbocycles. The van der Waals surface area contributed by atoms with Gasteiger partial charge in [0.2, 0.25) is 0 Å². The minimum atomic E-state index is -0.446. The molecule has 0 unspecified atom stereocenters. The van der Waals surface area contributed by atoms with E-state index >= 15 is 0 Å². The van der Waals surface area contributed by atoms with Crippen LogP contribution in [0.3, 0.4) is 0 Å². The smallest absolute Gasteiger partial charge is 0.272 e. The van der Waals surface area contributed by atoms with Crippen molar-refractivity contribution in [3.05, 3.63) is 103 Å². The van der Waals surface area contributed by atoms with E-state index in [9.17, 15) is 14.4 Å². The van der Waals surface area contributed by atoms with E-state index in [1.165, 1.54) is 13.1 Å². The molecular weight excluding hydrogens is 330 g/mol. The third kappa shape index (κ3) is 3.70. The molecule has 130 valence electrons. The molecule has 6 nitrogen and oxygen atoms in total. The van der Waals surface area contributed by atoms with Gasteiger partial charge < -0.3 is 15.3 Å². The van der Waals surface area contributed by atoms with Crippen LogP contribution < -0.4 is 27.1 Å². The van der Waals surface area contributed by atoms with Crippen LogP contribution in [0, 0.1) is 0 Å². The predicted octanol–water partition coefficient (Wildman–Crippen LogP) is 0.0804. The molecule has 0 radical (unpaired) electrons. The number of H-pyrrole nitrogens is 2. The number of hydrogen-bond donors (Lipinski definition) is 3. The van der Waals surface area contributed by atoms with Gasteiger partial charge in [0.05, 0.1) is 0 Å². The fourth-order valence-corrected chi connectivity index (χ4v) is 2.53. The van der Waals surface area contributed by atoms with E-state index in [4.69, 9.17) is 0 Å². The van der Waals surface area contributed by atoms with Crippen molar-refractivity contribution in [2.45, 2.75) is 0 Å². The van der Waals surface area contributed by atoms with Crippen LogP contribution in [-0.4, -0.2) is 22.9 Å². The third-order valence-electron chi connectivity index (χ3n) is 3.83. The minimum Gasteiger partial charge on any atom is -0.355 e. The highest BCUT2D eigenvalue weighted by atomic mass is 16.2. The lowest BCUT2D eigenvalue weighted by molar-refractivity contribution is 0.0963. The summed E-state index contributed by atoms with van der Waals surface area (Å²) in [5.74, 6) is -0.273. The van der Waals surface area contributed by atoms with Gasteiger partial charge in [-0.1, -0.05) is 48.5 Å². The summed E-state index contributed by atoms with van der Waals surface area (Å²) < 4.78 is 0. The summed E-state index contributed by atoms with van der Waals surface area (Å²) in [4.78, 5) is 41.8. The molecule has 0 atom stereocenters. The number of carbonyl (C=O) groups excluding carboxylic acids is 1. The van der Waals surface area contributed by atoms with Crippen molar-refractivity contribution in [3.8, 4) is 0 Å². The van der Waals surface area contributed by atoms with Crippen LogP contribution in [0.5, 0.6) is 0 Å². The summed E-state index contributed by atoms with van der Waals surface area (Å²) in [5, 5.41) is 2.79. The van der Waals surface area contributed by atoms with Crippen LogP contribution in [0.15, 0.2) is 64.2 Å². The van der Waals surface area contributed by atoms with Gasteiger partial charge in [0.15, 0.2) is 0 Å². The molecular formula is C20H17N3O3. The fourth-order valence-electron chi connectivity index (χ4n) is 2.53. The van der Waals surface area contributed by atoms with Crippen molar-refractivity contribution in [2.24, 2.45) is 0 Å². The Hall–Kier alpha value is -3.67. The number of hydrogen-bond acceptors (Lipinski definition) is 3. The van der Waals surface area contributed by atoms with E-state index in [-0.39, 0.29) is 16.6 Å². The Morgan fingerprint density at radius 1 is 0.846 bits per heavy atom. The molecule has 0 spiro atoms. The lowest BCUT2D eigenvalue weighted by Crippen LogP contribution is -2.46. The van der Waals surface area contributed by atoms with Gasteiger partial charge >= 0.3 is 0 Å². The van der Waals surface area contributed by atoms with Gasteiger partial charge in [-0.3, -0.25) is 14.4 Å². The quantitative estimate of drug-likeness (QED) is 0.626. The standard InChI is InChI=1S/C20H17N3O3/c1-21-18(24)15-10-6-5-9-14(15)12-17-20(26)22-16(19(25)23-17)11-13-7-3-2-4-8-13/h2-12H,1H3,(H,21,24)(H,22,26)(H,23,25)/b16-11-,17-12-. The van der Waals surface area contributed by atoms with Gasteiger partial charge in [-0.15, -0.1) is 0 Å². The van der Waals surface area contributed by atoms with Gasteiger partial charge in [-0.2, -0.15) is 0 Å². The monoisotopic (exact) mass is 347 g/mol. The molecule has 0 aliphatic carbocycles. The second-order valence-corrected chi connectivity index (χ2v) is 5.60. The number of aromatic amines is 2. The zero-order valence-electron chi connectivity index (χ0n) is 14.1. The van der Waals surface area contributed by atoms with E-state index in [2.05, 4.69) is 15.3 Å². The van der Waals surface area contributed by atoms with Crippen molar-refractivity contribution < 1.29 is 4.79 Å². The Balaban J connectivity index is 2.15. The third-order valence-corrected chi connectivity index (χ3v) is 3.83. The molecule has 0 aliphatic rings. The summed E-state index contributed by atoms with van der Waals surface area (Å²) >= 11 is 0. The zero-order valence-corrected chi connectivity index (χ0v) is 14.1. The van der Waals surface area contributed by atoms with Crippen LogP contribution in [0.4, 0.5) is 0 Å². The van der Waals surface area contributed by atoms with Crippen LogP contribution in [0.2, 0.25) is 0 Å². The average Bonchev–Trinajstić information content (AvgIpc) is 2.66. The molecule has 26 heavy (non-hydrogen) atoms. The van der Waals surface area contributed by atoms with Gasteiger partial charge in [-0.05, 0) is 29.3 Å². The lowest BCUT2D eigenvalue weighted by Gasteiger charge is -2.03. The molecule has 3 aromatic rings. The highest BCUT2D eigenvalue weighted by molar-refractivity contribution is 5.97. The first-order valence-corrected chi connectivity index (χ1v) is 8.01. The normalized spacial score (nSPS) is 12.2. The van der Waals surface area contributed by atoms with E-state index in [0.717, 1.165) is 5.56 Å². The summed E-state index contributed by atoms with van der Waals surface area (Å²) in [5.41, 5.74) is 0.883. The van der Waals surface area contributed by atoms with Gasteiger partial charge in [0.1, 0.15) is 10.7 Å². The maximum atomic E-state index is 12.4. The van der Waals surface area contributed by atoms with E-state index < -0.39 is 11.1 Å². The first-order chi connectivity index (χ1) is 12.6. The summed E-state index contributed by atoms with van der Waals surface area (Å²) in [7, 11) is 1.53. The Morgan fingerprint density at radius 3 is 2.08 bits per heavy atom. The number of amides is 1. The topological polar surface area (TPSA) is 94.8 Å². The van der Waals surface area contributed by atoms with Gasteiger partial charge in [0, 0.05) is 12.6 Å². The largest absolute Gasteiger partial charge is 0.355 e. The van der Waals surface area contributed by atoms with Crippen LogP contribution in [-0.2, 0) is 0 Å². The van der Waals surface area contributed by atoms with Crippen molar-refractivity contribution in [1.82, 2.24) is 15.3 Å². The predicted molar refractivity (Wildman–Crippen MR) is 100 cm³/mol. The molecule has 2 aromatic carbocycles. The van der Waals surface area contributed by atoms with Crippen molar-refractivity contribution >= 4 is 18.1 Å². The number of aromatic nitrogens is 2. The summed E-state index contributed by atoms with van der Waals surface area (Å²) in [6, 6.07) is 16.0. The number of carbonyl (C=O) groups is 1. The molecule has 3 rings (SSSR count). The van der Waals surface area contributed by atoms with Crippen molar-refractivity contribution in [2.75, 3.05) is 7.05 Å². The fraction of sp³-hybridized carbons (Fsp3) is 0.0500. The van der Waals surface area contributed by atoms with Crippen LogP contribution in [0.25, 0.3) is 12.2 Å². The molecule has 3 N–H and O–H groups in total. The van der Waals surface area contributed by atoms with Crippen molar-refractivity contribution in [1.29, 1.82) is 0 Å². The molecule has 1 aromatic heterocycles. The minimum absolute atomic E-state index is 0.0802. The molecule has 0 saturated heterocycles. The Labute approximate surface area is 148 Å². The Bertz CT molecular complexity index is 1180. The maximum Gasteiger partial charge on any atom is 0.272 e. The average molecular weight is 347 g/mol. The first kappa shape index (κ1) is 17.2. The van der Waals surface area contributed by atoms with E-state index in [1.807, 2.05) is 30.3 Å². The number of benzene rings is 2. The second kappa shape index (κ2) is 7.48. The summed E-state index contributed by atoms with van der Waals surface area (Å²) in [6.45, 7) is 0. The van der Waals surface area contributed by atoms with Crippen molar-refractivity contribution in [3.63, 3.8) is 0 Å². The number of rotatable bonds is 3. The molecule has 0 fully saturated rings. The molecule has 6 heteroatoms. The Morgan fingerprint density at radius 2 is 1.42 bits per heavy atom. The molecule has 1 amide bonds. The molecule has 1 heterocycles. The number of nitrogens with one attached hydrogen (secondary N) is 3. The van der Waals surface area contributed by atoms with Crippen LogP contribution >= 0.6 is 0 Å². The first-order valence-electron chi connectivity index (χ1n) is 8.01. The summed E-state index contributed by atoms with van der Waals surface area (Å²) in [6.07, 6.45) is 3.08. The molecule has 0 aliphatic heterocycles. The second-order valence-electron chi connectivity index (χ2n) is 5.60. The molecule has 0 bridgehead atoms. The zero-order chi connectivity index (χ0) is 18.5. The SMILES string of the molecule is CNC(=O)c1ccccc1/C=c1\[nH]c(=O)/c(=C/c2ccccc2)[nH]c1=O. The van der Waals surface area contributed by atoms with E-state index in [0.29, 0.717) is 11.1 Å². The maximum absolute atomic E-state index is 12.4. The van der Waals surface area contributed by atoms with E-state index in [1.54, 1.807) is 30.3 Å². The highest BCUT2D eigenvalue weighted by Gasteiger charge is 2.07. The Kier molecular flexibility index (Phi) is 4.94. The van der Waals surface area contributed by atoms with Gasteiger partial charge in [0.25, 0.3) is 17.0 Å². The highest BCUT2D eigenvalue weighted by Crippen LogP contribution is 2.08. The lowest BCUT2D eigenvalue weighted by atomic mass is 10.1. The van der Waals surface area contributed by atoms with Gasteiger partial charge in [-0.25, -0.2) is 0 Å².